The van der Waals surface area contributed by atoms with Crippen LogP contribution in [-0.2, 0) is 25.8 Å². The second-order valence-corrected chi connectivity index (χ2v) is 2.63. The molecule has 0 N–H and O–H groups in total. The Labute approximate surface area is 132 Å². The molecule has 0 aliphatic heterocycles. The number of halogens is 2. The molecule has 0 radical (unpaired) electrons. The van der Waals surface area contributed by atoms with Gasteiger partial charge in [0.1, 0.15) is 0 Å². The first kappa shape index (κ1) is 21.7. The van der Waals surface area contributed by atoms with Crippen LogP contribution in [0.4, 0.5) is 0 Å². The van der Waals surface area contributed by atoms with Crippen molar-refractivity contribution in [2.24, 2.45) is 0 Å². The molecule has 0 unspecified atom stereocenters. The van der Waals surface area contributed by atoms with Gasteiger partial charge in [-0.2, -0.15) is 0 Å². The van der Waals surface area contributed by atoms with Crippen molar-refractivity contribution in [2.75, 3.05) is 0 Å². The molecule has 17 heavy (non-hydrogen) atoms. The molecule has 0 spiro atoms. The molecule has 0 aliphatic carbocycles. The summed E-state index contributed by atoms with van der Waals surface area (Å²) in [5.74, 6) is 0.144. The van der Waals surface area contributed by atoms with E-state index in [1.807, 2.05) is 12.1 Å². The molecule has 0 heterocycles. The van der Waals surface area contributed by atoms with Crippen LogP contribution >= 0.6 is 0 Å². The maximum atomic E-state index is 10.3. The maximum absolute atomic E-state index is 10.3. The van der Waals surface area contributed by atoms with Crippen molar-refractivity contribution >= 4 is 0 Å². The minimum atomic E-state index is 0. The summed E-state index contributed by atoms with van der Waals surface area (Å²) in [5.41, 5.74) is 0. The predicted molar refractivity (Wildman–Crippen MR) is 51.8 cm³/mol. The van der Waals surface area contributed by atoms with Crippen molar-refractivity contribution in [1.82, 2.24) is 0 Å². The third-order valence-electron chi connectivity index (χ3n) is 1.49. The second-order valence-electron chi connectivity index (χ2n) is 2.63. The van der Waals surface area contributed by atoms with Crippen molar-refractivity contribution in [3.05, 3.63) is 60.7 Å². The molecule has 0 aliphatic rings. The van der Waals surface area contributed by atoms with E-state index in [1.165, 1.54) is 24.3 Å². The molecule has 0 fully saturated rings. The summed E-state index contributed by atoms with van der Waals surface area (Å²) >= 11 is 0. The minimum absolute atomic E-state index is 0. The zero-order valence-electron chi connectivity index (χ0n) is 8.85. The van der Waals surface area contributed by atoms with Crippen LogP contribution < -0.4 is 35.0 Å². The first-order valence-electron chi connectivity index (χ1n) is 4.23. The Morgan fingerprint density at radius 2 is 0.765 bits per heavy atom. The summed E-state index contributed by atoms with van der Waals surface area (Å²) in [6, 6.07) is 16.7. The molecular formula is C12H10Cl2HfO2. The van der Waals surface area contributed by atoms with E-state index in [1.54, 1.807) is 24.3 Å². The Morgan fingerprint density at radius 1 is 0.529 bits per heavy atom. The van der Waals surface area contributed by atoms with Crippen LogP contribution in [0.5, 0.6) is 11.5 Å². The van der Waals surface area contributed by atoms with E-state index < -0.39 is 0 Å². The fourth-order valence-corrected chi connectivity index (χ4v) is 0.841. The van der Waals surface area contributed by atoms with Gasteiger partial charge < -0.3 is 35.0 Å². The first-order valence-corrected chi connectivity index (χ1v) is 4.23. The van der Waals surface area contributed by atoms with E-state index in [0.717, 1.165) is 0 Å². The van der Waals surface area contributed by atoms with Crippen molar-refractivity contribution in [3.8, 4) is 11.5 Å². The number of para-hydroxylation sites is 2. The van der Waals surface area contributed by atoms with Crippen LogP contribution in [-0.4, -0.2) is 0 Å². The van der Waals surface area contributed by atoms with Gasteiger partial charge in [-0.1, -0.05) is 60.7 Å². The molecule has 2 aromatic carbocycles. The summed E-state index contributed by atoms with van der Waals surface area (Å²) in [4.78, 5) is 0. The summed E-state index contributed by atoms with van der Waals surface area (Å²) in [5, 5.41) is 20.5. The Morgan fingerprint density at radius 3 is 0.882 bits per heavy atom. The first-order chi connectivity index (χ1) is 6.79. The average molecular weight is 436 g/mol. The van der Waals surface area contributed by atoms with Gasteiger partial charge in [-0.25, -0.2) is 0 Å². The van der Waals surface area contributed by atoms with Crippen molar-refractivity contribution in [3.63, 3.8) is 0 Å². The largest absolute Gasteiger partial charge is 4.00 e. The van der Waals surface area contributed by atoms with E-state index >= 15 is 0 Å². The number of benzene rings is 2. The fourth-order valence-electron chi connectivity index (χ4n) is 0.841. The summed E-state index contributed by atoms with van der Waals surface area (Å²) in [7, 11) is 0. The van der Waals surface area contributed by atoms with Crippen molar-refractivity contribution in [1.29, 1.82) is 0 Å². The van der Waals surface area contributed by atoms with Gasteiger partial charge in [-0.15, -0.1) is 11.5 Å². The Kier molecular flexibility index (Phi) is 17.3. The minimum Gasteiger partial charge on any atom is -1.00 e. The molecule has 2 rings (SSSR count). The van der Waals surface area contributed by atoms with Crippen molar-refractivity contribution in [2.45, 2.75) is 0 Å². The number of hydrogen-bond donors (Lipinski definition) is 0. The summed E-state index contributed by atoms with van der Waals surface area (Å²) < 4.78 is 0. The van der Waals surface area contributed by atoms with Gasteiger partial charge in [0, 0.05) is 0 Å². The van der Waals surface area contributed by atoms with Crippen LogP contribution in [0.1, 0.15) is 0 Å². The monoisotopic (exact) mass is 436 g/mol. The molecule has 0 aromatic heterocycles. The Bertz CT molecular complexity index is 320. The summed E-state index contributed by atoms with van der Waals surface area (Å²) in [6.07, 6.45) is 0. The Hall–Kier alpha value is -0.510. The quantitative estimate of drug-likeness (QED) is 0.392. The molecule has 5 heteroatoms. The topological polar surface area (TPSA) is 46.1 Å². The Balaban J connectivity index is -0.000000196. The predicted octanol–water partition coefficient (Wildman–Crippen LogP) is -4.47. The van der Waals surface area contributed by atoms with Gasteiger partial charge in [0.25, 0.3) is 0 Å². The smallest absolute Gasteiger partial charge is 1.00 e. The van der Waals surface area contributed by atoms with Crippen LogP contribution in [0.15, 0.2) is 60.7 Å². The van der Waals surface area contributed by atoms with Gasteiger partial charge in [0.2, 0.25) is 0 Å². The van der Waals surface area contributed by atoms with E-state index in [9.17, 15) is 10.2 Å². The molecule has 0 saturated heterocycles. The van der Waals surface area contributed by atoms with E-state index in [0.29, 0.717) is 0 Å². The fraction of sp³-hybridized carbons (Fsp3) is 0. The van der Waals surface area contributed by atoms with E-state index in [4.69, 9.17) is 0 Å². The standard InChI is InChI=1S/2C6H6O.2ClH.Hf/c2*7-6-4-2-1-3-5-6;;;/h2*1-5,7H;2*1H;/q;;;;+4/p-4. The van der Waals surface area contributed by atoms with Gasteiger partial charge in [-0.05, 0) is 0 Å². The molecule has 0 atom stereocenters. The molecule has 88 valence electrons. The molecule has 0 saturated carbocycles. The van der Waals surface area contributed by atoms with Crippen LogP contribution in [0.25, 0.3) is 0 Å². The average Bonchev–Trinajstić information content (AvgIpc) is 2.21. The summed E-state index contributed by atoms with van der Waals surface area (Å²) in [6.45, 7) is 0. The van der Waals surface area contributed by atoms with Crippen LogP contribution in [0, 0.1) is 0 Å². The number of hydrogen-bond acceptors (Lipinski definition) is 2. The normalized spacial score (nSPS) is 7.06. The third-order valence-corrected chi connectivity index (χ3v) is 1.49. The van der Waals surface area contributed by atoms with Crippen molar-refractivity contribution < 1.29 is 60.9 Å². The SMILES string of the molecule is [Cl-].[Cl-].[Hf+4].[O-]c1ccccc1.[O-]c1ccccc1. The van der Waals surface area contributed by atoms with Gasteiger partial charge >= 0.3 is 25.8 Å². The molecular weight excluding hydrogens is 426 g/mol. The zero-order chi connectivity index (χ0) is 10.2. The van der Waals surface area contributed by atoms with Gasteiger partial charge in [0.15, 0.2) is 0 Å². The zero-order valence-corrected chi connectivity index (χ0v) is 14.0. The van der Waals surface area contributed by atoms with Crippen LogP contribution in [0.2, 0.25) is 0 Å². The van der Waals surface area contributed by atoms with E-state index in [-0.39, 0.29) is 62.2 Å². The second kappa shape index (κ2) is 13.6. The maximum Gasteiger partial charge on any atom is 4.00 e. The van der Waals surface area contributed by atoms with Gasteiger partial charge in [-0.3, -0.25) is 0 Å². The molecule has 2 aromatic rings. The molecule has 0 bridgehead atoms. The van der Waals surface area contributed by atoms with E-state index in [2.05, 4.69) is 0 Å². The third kappa shape index (κ3) is 11.7. The van der Waals surface area contributed by atoms with Crippen LogP contribution in [0.3, 0.4) is 0 Å². The molecule has 2 nitrogen and oxygen atoms in total. The molecule has 0 amide bonds. The number of rotatable bonds is 0. The van der Waals surface area contributed by atoms with Gasteiger partial charge in [0.05, 0.1) is 0 Å².